The van der Waals surface area contributed by atoms with Crippen molar-refractivity contribution in [3.05, 3.63) is 54.0 Å². The lowest BCUT2D eigenvalue weighted by molar-refractivity contribution is 0.0650. The standard InChI is InChI=1S/C22H23N5O2/c28-21(25-10-5-11-25)17-12-16(13-23-14-17)19-6-4-7-20-18(15-24-27(19)20)22(29)26-8-2-1-3-9-26/h4,6-7,12-15H,1-3,5,8-11H2. The summed E-state index contributed by atoms with van der Waals surface area (Å²) in [6.45, 7) is 3.22. The van der Waals surface area contributed by atoms with Gasteiger partial charge in [0.2, 0.25) is 0 Å². The van der Waals surface area contributed by atoms with Gasteiger partial charge in [0.1, 0.15) is 0 Å². The summed E-state index contributed by atoms with van der Waals surface area (Å²) in [4.78, 5) is 33.6. The van der Waals surface area contributed by atoms with Crippen molar-refractivity contribution in [1.82, 2.24) is 24.4 Å². The van der Waals surface area contributed by atoms with E-state index in [-0.39, 0.29) is 11.8 Å². The minimum atomic E-state index is 0.0132. The summed E-state index contributed by atoms with van der Waals surface area (Å²) >= 11 is 0. The smallest absolute Gasteiger partial charge is 0.257 e. The van der Waals surface area contributed by atoms with E-state index in [1.54, 1.807) is 23.1 Å². The van der Waals surface area contributed by atoms with Crippen LogP contribution < -0.4 is 0 Å². The Bertz CT molecular complexity index is 1080. The average molecular weight is 389 g/mol. The third kappa shape index (κ3) is 3.16. The summed E-state index contributed by atoms with van der Waals surface area (Å²) in [6.07, 6.45) is 9.34. The van der Waals surface area contributed by atoms with Crippen LogP contribution in [0.15, 0.2) is 42.9 Å². The van der Waals surface area contributed by atoms with Gasteiger partial charge in [-0.25, -0.2) is 4.52 Å². The van der Waals surface area contributed by atoms with E-state index in [1.165, 1.54) is 6.42 Å². The summed E-state index contributed by atoms with van der Waals surface area (Å²) in [5, 5.41) is 4.49. The summed E-state index contributed by atoms with van der Waals surface area (Å²) in [5.74, 6) is 0.0518. The number of amides is 2. The molecule has 5 rings (SSSR count). The fraction of sp³-hybridized carbons (Fsp3) is 0.364. The first-order valence-electron chi connectivity index (χ1n) is 10.2. The lowest BCUT2D eigenvalue weighted by atomic mass is 10.1. The van der Waals surface area contributed by atoms with Gasteiger partial charge in [-0.15, -0.1) is 0 Å². The second kappa shape index (κ2) is 7.31. The van der Waals surface area contributed by atoms with Crippen molar-refractivity contribution in [3.8, 4) is 11.3 Å². The molecule has 0 radical (unpaired) electrons. The Morgan fingerprint density at radius 2 is 1.59 bits per heavy atom. The first-order chi connectivity index (χ1) is 14.2. The molecule has 0 saturated carbocycles. The lowest BCUT2D eigenvalue weighted by Gasteiger charge is -2.30. The Morgan fingerprint density at radius 3 is 2.34 bits per heavy atom. The zero-order chi connectivity index (χ0) is 19.8. The minimum Gasteiger partial charge on any atom is -0.339 e. The largest absolute Gasteiger partial charge is 0.339 e. The Balaban J connectivity index is 1.51. The number of aromatic nitrogens is 3. The zero-order valence-corrected chi connectivity index (χ0v) is 16.3. The Labute approximate surface area is 168 Å². The average Bonchev–Trinajstić information content (AvgIpc) is 3.17. The van der Waals surface area contributed by atoms with Gasteiger partial charge in [-0.05, 0) is 43.9 Å². The van der Waals surface area contributed by atoms with Gasteiger partial charge in [0.15, 0.2) is 0 Å². The molecule has 3 aromatic rings. The van der Waals surface area contributed by atoms with Crippen molar-refractivity contribution in [3.63, 3.8) is 0 Å². The molecule has 3 aromatic heterocycles. The summed E-state index contributed by atoms with van der Waals surface area (Å²) in [7, 11) is 0. The highest BCUT2D eigenvalue weighted by molar-refractivity contribution is 6.01. The predicted octanol–water partition coefficient (Wildman–Crippen LogP) is 2.87. The molecule has 0 unspecified atom stereocenters. The minimum absolute atomic E-state index is 0.0132. The van der Waals surface area contributed by atoms with Crippen LogP contribution in [0, 0.1) is 0 Å². The van der Waals surface area contributed by atoms with Gasteiger partial charge >= 0.3 is 0 Å². The first kappa shape index (κ1) is 17.8. The topological polar surface area (TPSA) is 70.8 Å². The number of carbonyl (C=O) groups excluding carboxylic acids is 2. The van der Waals surface area contributed by atoms with Crippen LogP contribution in [-0.2, 0) is 0 Å². The van der Waals surface area contributed by atoms with Crippen molar-refractivity contribution in [2.75, 3.05) is 26.2 Å². The molecule has 2 aliphatic heterocycles. The zero-order valence-electron chi connectivity index (χ0n) is 16.3. The van der Waals surface area contributed by atoms with Crippen LogP contribution in [-0.4, -0.2) is 62.4 Å². The van der Waals surface area contributed by atoms with Gasteiger partial charge in [-0.1, -0.05) is 6.07 Å². The number of hydrogen-bond donors (Lipinski definition) is 0. The number of nitrogens with zero attached hydrogens (tertiary/aromatic N) is 5. The molecule has 0 bridgehead atoms. The van der Waals surface area contributed by atoms with Gasteiger partial charge in [0.05, 0.1) is 28.5 Å². The maximum absolute atomic E-state index is 13.0. The van der Waals surface area contributed by atoms with Crippen molar-refractivity contribution < 1.29 is 9.59 Å². The molecule has 29 heavy (non-hydrogen) atoms. The Hall–Kier alpha value is -3.22. The molecule has 0 spiro atoms. The van der Waals surface area contributed by atoms with Crippen molar-refractivity contribution in [1.29, 1.82) is 0 Å². The highest BCUT2D eigenvalue weighted by Crippen LogP contribution is 2.25. The van der Waals surface area contributed by atoms with Crippen LogP contribution in [0.4, 0.5) is 0 Å². The quantitative estimate of drug-likeness (QED) is 0.691. The fourth-order valence-electron chi connectivity index (χ4n) is 4.06. The molecule has 0 N–H and O–H groups in total. The number of pyridine rings is 2. The van der Waals surface area contributed by atoms with E-state index in [2.05, 4.69) is 10.1 Å². The molecule has 0 atom stereocenters. The molecule has 2 fully saturated rings. The Kier molecular flexibility index (Phi) is 4.50. The maximum Gasteiger partial charge on any atom is 0.257 e. The number of fused-ring (bicyclic) bond motifs is 1. The second-order valence-corrected chi connectivity index (χ2v) is 7.73. The SMILES string of the molecule is O=C(c1cncc(-c2cccc3c(C(=O)N4CCCCC4)cnn23)c1)N1CCC1. The van der Waals surface area contributed by atoms with E-state index < -0.39 is 0 Å². The molecule has 7 nitrogen and oxygen atoms in total. The third-order valence-corrected chi connectivity index (χ3v) is 5.84. The highest BCUT2D eigenvalue weighted by Gasteiger charge is 2.24. The first-order valence-corrected chi connectivity index (χ1v) is 10.2. The van der Waals surface area contributed by atoms with Crippen LogP contribution >= 0.6 is 0 Å². The lowest BCUT2D eigenvalue weighted by Crippen LogP contribution is -2.42. The summed E-state index contributed by atoms with van der Waals surface area (Å²) < 4.78 is 1.77. The van der Waals surface area contributed by atoms with Crippen molar-refractivity contribution in [2.24, 2.45) is 0 Å². The fourth-order valence-corrected chi connectivity index (χ4v) is 4.06. The van der Waals surface area contributed by atoms with Gasteiger partial charge < -0.3 is 9.80 Å². The molecule has 148 valence electrons. The highest BCUT2D eigenvalue weighted by atomic mass is 16.2. The van der Waals surface area contributed by atoms with Crippen LogP contribution in [0.25, 0.3) is 16.8 Å². The van der Waals surface area contributed by atoms with Crippen LogP contribution in [0.1, 0.15) is 46.4 Å². The van der Waals surface area contributed by atoms with E-state index >= 15 is 0 Å². The van der Waals surface area contributed by atoms with Crippen molar-refractivity contribution >= 4 is 17.3 Å². The molecule has 0 aliphatic carbocycles. The molecule has 2 aliphatic rings. The van der Waals surface area contributed by atoms with E-state index in [9.17, 15) is 9.59 Å². The molecule has 2 saturated heterocycles. The number of carbonyl (C=O) groups is 2. The number of likely N-dealkylation sites (tertiary alicyclic amines) is 2. The Morgan fingerprint density at radius 1 is 0.828 bits per heavy atom. The van der Waals surface area contributed by atoms with Crippen molar-refractivity contribution in [2.45, 2.75) is 25.7 Å². The van der Waals surface area contributed by atoms with Crippen LogP contribution in [0.2, 0.25) is 0 Å². The van der Waals surface area contributed by atoms with E-state index in [4.69, 9.17) is 0 Å². The van der Waals surface area contributed by atoms with Crippen LogP contribution in [0.3, 0.4) is 0 Å². The monoisotopic (exact) mass is 389 g/mol. The number of hydrogen-bond acceptors (Lipinski definition) is 4. The molecular formula is C22H23N5O2. The third-order valence-electron chi connectivity index (χ3n) is 5.84. The molecule has 2 amide bonds. The number of rotatable bonds is 3. The van der Waals surface area contributed by atoms with Gasteiger partial charge in [0.25, 0.3) is 11.8 Å². The summed E-state index contributed by atoms with van der Waals surface area (Å²) in [6, 6.07) is 7.62. The van der Waals surface area contributed by atoms with E-state index in [1.807, 2.05) is 34.1 Å². The second-order valence-electron chi connectivity index (χ2n) is 7.73. The summed E-state index contributed by atoms with van der Waals surface area (Å²) in [5.41, 5.74) is 3.59. The normalized spacial score (nSPS) is 16.7. The maximum atomic E-state index is 13.0. The van der Waals surface area contributed by atoms with Gasteiger partial charge in [-0.2, -0.15) is 5.10 Å². The molecule has 0 aromatic carbocycles. The van der Waals surface area contributed by atoms with Gasteiger partial charge in [-0.3, -0.25) is 14.6 Å². The number of piperidine rings is 1. The predicted molar refractivity (Wildman–Crippen MR) is 109 cm³/mol. The van der Waals surface area contributed by atoms with E-state index in [0.717, 1.165) is 62.2 Å². The molecule has 7 heteroatoms. The molecular weight excluding hydrogens is 366 g/mol. The molecule has 5 heterocycles. The van der Waals surface area contributed by atoms with Crippen LogP contribution in [0.5, 0.6) is 0 Å². The van der Waals surface area contributed by atoms with Gasteiger partial charge in [0, 0.05) is 44.1 Å². The van der Waals surface area contributed by atoms with E-state index in [0.29, 0.717) is 11.1 Å².